The van der Waals surface area contributed by atoms with Crippen LogP contribution in [0.25, 0.3) is 11.3 Å². The molecule has 0 amide bonds. The third-order valence-electron chi connectivity index (χ3n) is 3.26. The van der Waals surface area contributed by atoms with E-state index in [4.69, 9.17) is 4.98 Å². The second-order valence-corrected chi connectivity index (χ2v) is 6.49. The topological polar surface area (TPSA) is 24.9 Å². The highest BCUT2D eigenvalue weighted by Crippen LogP contribution is 2.25. The molecule has 0 bridgehead atoms. The lowest BCUT2D eigenvalue weighted by molar-refractivity contribution is 0.601. The Morgan fingerprint density at radius 1 is 1.44 bits per heavy atom. The highest BCUT2D eigenvalue weighted by molar-refractivity contribution is 9.10. The molecular weight excluding hydrogens is 308 g/mol. The Hall–Kier alpha value is -0.710. The van der Waals surface area contributed by atoms with Crippen molar-refractivity contribution in [2.75, 3.05) is 6.54 Å². The molecule has 18 heavy (non-hydrogen) atoms. The van der Waals surface area contributed by atoms with Gasteiger partial charge in [0, 0.05) is 27.9 Å². The van der Waals surface area contributed by atoms with Gasteiger partial charge in [-0.1, -0.05) is 28.1 Å². The predicted octanol–water partition coefficient (Wildman–Crippen LogP) is 3.87. The zero-order valence-corrected chi connectivity index (χ0v) is 12.4. The second kappa shape index (κ2) is 5.51. The van der Waals surface area contributed by atoms with Gasteiger partial charge >= 0.3 is 0 Å². The third kappa shape index (κ3) is 2.82. The monoisotopic (exact) mass is 322 g/mol. The molecule has 3 rings (SSSR count). The highest BCUT2D eigenvalue weighted by Gasteiger charge is 2.16. The number of hydrogen-bond acceptors (Lipinski definition) is 3. The van der Waals surface area contributed by atoms with E-state index in [2.05, 4.69) is 44.8 Å². The first-order valence-electron chi connectivity index (χ1n) is 6.25. The minimum atomic E-state index is 0.631. The van der Waals surface area contributed by atoms with Gasteiger partial charge in [-0.25, -0.2) is 4.98 Å². The van der Waals surface area contributed by atoms with Gasteiger partial charge in [-0.2, -0.15) is 0 Å². The maximum atomic E-state index is 4.74. The van der Waals surface area contributed by atoms with Crippen LogP contribution in [0.15, 0.2) is 34.1 Å². The molecule has 1 saturated heterocycles. The van der Waals surface area contributed by atoms with E-state index in [-0.39, 0.29) is 0 Å². The fraction of sp³-hybridized carbons (Fsp3) is 0.357. The number of benzene rings is 1. The van der Waals surface area contributed by atoms with E-state index in [1.807, 2.05) is 6.07 Å². The molecule has 94 valence electrons. The summed E-state index contributed by atoms with van der Waals surface area (Å²) in [4.78, 5) is 4.74. The minimum Gasteiger partial charge on any atom is -0.314 e. The van der Waals surface area contributed by atoms with Gasteiger partial charge < -0.3 is 5.32 Å². The lowest BCUT2D eigenvalue weighted by atomic mass is 10.1. The third-order valence-corrected chi connectivity index (χ3v) is 4.62. The van der Waals surface area contributed by atoms with Crippen molar-refractivity contribution in [3.63, 3.8) is 0 Å². The summed E-state index contributed by atoms with van der Waals surface area (Å²) >= 11 is 5.27. The van der Waals surface area contributed by atoms with E-state index in [9.17, 15) is 0 Å². The smallest absolute Gasteiger partial charge is 0.0948 e. The van der Waals surface area contributed by atoms with Crippen LogP contribution < -0.4 is 5.32 Å². The Bertz CT molecular complexity index is 532. The number of thiazole rings is 1. The predicted molar refractivity (Wildman–Crippen MR) is 80.0 cm³/mol. The van der Waals surface area contributed by atoms with Crippen LogP contribution in [0.3, 0.4) is 0 Å². The molecule has 1 aliphatic heterocycles. The molecule has 0 saturated carbocycles. The van der Waals surface area contributed by atoms with Crippen molar-refractivity contribution in [2.24, 2.45) is 0 Å². The molecule has 4 heteroatoms. The van der Waals surface area contributed by atoms with Crippen molar-refractivity contribution >= 4 is 27.3 Å². The normalized spacial score (nSPS) is 19.3. The number of rotatable bonds is 3. The van der Waals surface area contributed by atoms with E-state index in [0.717, 1.165) is 23.1 Å². The van der Waals surface area contributed by atoms with Gasteiger partial charge in [-0.05, 0) is 31.5 Å². The Morgan fingerprint density at radius 3 is 3.17 bits per heavy atom. The summed E-state index contributed by atoms with van der Waals surface area (Å²) in [6.45, 7) is 1.16. The van der Waals surface area contributed by atoms with Crippen LogP contribution in [0.5, 0.6) is 0 Å². The summed E-state index contributed by atoms with van der Waals surface area (Å²) in [5.74, 6) is 0. The molecule has 0 spiro atoms. The zero-order valence-electron chi connectivity index (χ0n) is 10.0. The largest absolute Gasteiger partial charge is 0.314 e. The van der Waals surface area contributed by atoms with E-state index >= 15 is 0 Å². The van der Waals surface area contributed by atoms with Crippen LogP contribution in [0, 0.1) is 0 Å². The van der Waals surface area contributed by atoms with Crippen LogP contribution in [0.1, 0.15) is 17.8 Å². The van der Waals surface area contributed by atoms with Crippen molar-refractivity contribution in [1.29, 1.82) is 0 Å². The first kappa shape index (κ1) is 12.3. The van der Waals surface area contributed by atoms with Gasteiger partial charge in [0.15, 0.2) is 0 Å². The van der Waals surface area contributed by atoms with E-state index in [1.54, 1.807) is 11.3 Å². The number of nitrogens with one attached hydrogen (secondary N) is 1. The molecule has 1 aromatic heterocycles. The van der Waals surface area contributed by atoms with Crippen LogP contribution in [0.2, 0.25) is 0 Å². The molecule has 1 unspecified atom stereocenters. The minimum absolute atomic E-state index is 0.631. The van der Waals surface area contributed by atoms with Crippen LogP contribution in [0.4, 0.5) is 0 Å². The lowest BCUT2D eigenvalue weighted by Gasteiger charge is -2.06. The van der Waals surface area contributed by atoms with Gasteiger partial charge in [-0.15, -0.1) is 11.3 Å². The fourth-order valence-corrected chi connectivity index (χ4v) is 3.61. The quantitative estimate of drug-likeness (QED) is 0.927. The molecule has 2 nitrogen and oxygen atoms in total. The second-order valence-electron chi connectivity index (χ2n) is 4.63. The molecule has 0 radical (unpaired) electrons. The molecular formula is C14H15BrN2S. The average molecular weight is 323 g/mol. The van der Waals surface area contributed by atoms with Gasteiger partial charge in [0.05, 0.1) is 10.7 Å². The summed E-state index contributed by atoms with van der Waals surface area (Å²) in [7, 11) is 0. The SMILES string of the molecule is Brc1cccc(-c2csc(CC3CCCN3)n2)c1. The van der Waals surface area contributed by atoms with Crippen molar-refractivity contribution in [3.8, 4) is 11.3 Å². The summed E-state index contributed by atoms with van der Waals surface area (Å²) in [5.41, 5.74) is 2.28. The molecule has 1 aliphatic rings. The van der Waals surface area contributed by atoms with Crippen molar-refractivity contribution in [3.05, 3.63) is 39.1 Å². The maximum absolute atomic E-state index is 4.74. The Balaban J connectivity index is 1.76. The molecule has 2 aromatic rings. The van der Waals surface area contributed by atoms with Crippen molar-refractivity contribution < 1.29 is 0 Å². The van der Waals surface area contributed by atoms with Crippen LogP contribution in [-0.2, 0) is 6.42 Å². The Morgan fingerprint density at radius 2 is 2.39 bits per heavy atom. The molecule has 1 aromatic carbocycles. The summed E-state index contributed by atoms with van der Waals surface area (Å²) in [6.07, 6.45) is 3.65. The number of nitrogens with zero attached hydrogens (tertiary/aromatic N) is 1. The zero-order chi connectivity index (χ0) is 12.4. The number of hydrogen-bond donors (Lipinski definition) is 1. The molecule has 2 heterocycles. The van der Waals surface area contributed by atoms with Gasteiger partial charge in [-0.3, -0.25) is 0 Å². The molecule has 0 aliphatic carbocycles. The summed E-state index contributed by atoms with van der Waals surface area (Å²) in [6, 6.07) is 8.95. The number of halogens is 1. The van der Waals surface area contributed by atoms with Crippen molar-refractivity contribution in [1.82, 2.24) is 10.3 Å². The number of aromatic nitrogens is 1. The molecule has 1 fully saturated rings. The maximum Gasteiger partial charge on any atom is 0.0948 e. The first-order chi connectivity index (χ1) is 8.81. The highest BCUT2D eigenvalue weighted by atomic mass is 79.9. The van der Waals surface area contributed by atoms with Crippen LogP contribution in [-0.4, -0.2) is 17.6 Å². The molecule has 1 atom stereocenters. The van der Waals surface area contributed by atoms with Crippen LogP contribution >= 0.6 is 27.3 Å². The van der Waals surface area contributed by atoms with E-state index in [1.165, 1.54) is 23.4 Å². The van der Waals surface area contributed by atoms with E-state index in [0.29, 0.717) is 6.04 Å². The summed E-state index contributed by atoms with van der Waals surface area (Å²) < 4.78 is 1.10. The molecule has 1 N–H and O–H groups in total. The van der Waals surface area contributed by atoms with Crippen molar-refractivity contribution in [2.45, 2.75) is 25.3 Å². The first-order valence-corrected chi connectivity index (χ1v) is 7.92. The standard InChI is InChI=1S/C14H15BrN2S/c15-11-4-1-3-10(7-11)13-9-18-14(17-13)8-12-5-2-6-16-12/h1,3-4,7,9,12,16H,2,5-6,8H2. The summed E-state index contributed by atoms with van der Waals surface area (Å²) in [5, 5.41) is 6.92. The average Bonchev–Trinajstić information content (AvgIpc) is 3.01. The fourth-order valence-electron chi connectivity index (χ4n) is 2.33. The Labute approximate surface area is 120 Å². The van der Waals surface area contributed by atoms with Gasteiger partial charge in [0.1, 0.15) is 0 Å². The van der Waals surface area contributed by atoms with E-state index < -0.39 is 0 Å². The van der Waals surface area contributed by atoms with Gasteiger partial charge in [0.2, 0.25) is 0 Å². The lowest BCUT2D eigenvalue weighted by Crippen LogP contribution is -2.23. The Kier molecular flexibility index (Phi) is 3.77. The van der Waals surface area contributed by atoms with Gasteiger partial charge in [0.25, 0.3) is 0 Å².